The minimum absolute atomic E-state index is 0.244. The number of hydrogen-bond acceptors (Lipinski definition) is 4. The Morgan fingerprint density at radius 1 is 1.42 bits per heavy atom. The van der Waals surface area contributed by atoms with Crippen LogP contribution in [0.3, 0.4) is 0 Å². The van der Waals surface area contributed by atoms with Crippen LogP contribution < -0.4 is 14.8 Å². The second-order valence-corrected chi connectivity index (χ2v) is 5.35. The van der Waals surface area contributed by atoms with Crippen molar-refractivity contribution in [1.29, 1.82) is 0 Å². The highest BCUT2D eigenvalue weighted by Gasteiger charge is 2.27. The van der Waals surface area contributed by atoms with E-state index in [1.807, 2.05) is 19.2 Å². The number of halogens is 1. The first-order chi connectivity index (χ1) is 9.13. The average molecular weight is 285 g/mol. The third kappa shape index (κ3) is 3.53. The van der Waals surface area contributed by atoms with Crippen LogP contribution in [0.2, 0.25) is 5.02 Å². The smallest absolute Gasteiger partial charge is 0.165 e. The quantitative estimate of drug-likeness (QED) is 0.864. The van der Waals surface area contributed by atoms with E-state index in [9.17, 15) is 0 Å². The highest BCUT2D eigenvalue weighted by atomic mass is 35.5. The molecule has 0 atom stereocenters. The van der Waals surface area contributed by atoms with Crippen LogP contribution in [0.5, 0.6) is 11.5 Å². The summed E-state index contributed by atoms with van der Waals surface area (Å²) in [5, 5.41) is 3.82. The van der Waals surface area contributed by atoms with Crippen molar-refractivity contribution in [3.05, 3.63) is 22.7 Å². The lowest BCUT2D eigenvalue weighted by molar-refractivity contribution is 0.0362. The average Bonchev–Trinajstić information content (AvgIpc) is 2.36. The van der Waals surface area contributed by atoms with Gasteiger partial charge in [-0.15, -0.1) is 0 Å². The van der Waals surface area contributed by atoms with Gasteiger partial charge in [0, 0.05) is 29.7 Å². The van der Waals surface area contributed by atoms with Crippen LogP contribution >= 0.6 is 11.6 Å². The minimum atomic E-state index is 0.244. The molecule has 1 fully saturated rings. The second kappa shape index (κ2) is 6.46. The first-order valence-electron chi connectivity index (χ1n) is 6.50. The van der Waals surface area contributed by atoms with Gasteiger partial charge in [0.15, 0.2) is 11.5 Å². The standard InChI is InChI=1S/C14H21ClN2O2/c1-16-5-4-10-6-11(15)7-13(18-3)14(10)19-12-8-17(2)9-12/h6-7,12,16H,4-5,8-9H2,1-3H3. The normalized spacial score (nSPS) is 16.2. The van der Waals surface area contributed by atoms with Crippen LogP contribution in [0.4, 0.5) is 0 Å². The summed E-state index contributed by atoms with van der Waals surface area (Å²) in [6, 6.07) is 3.77. The van der Waals surface area contributed by atoms with Crippen molar-refractivity contribution in [3.8, 4) is 11.5 Å². The molecule has 5 heteroatoms. The topological polar surface area (TPSA) is 33.7 Å². The van der Waals surface area contributed by atoms with Crippen LogP contribution in [-0.2, 0) is 6.42 Å². The molecule has 0 bridgehead atoms. The van der Waals surface area contributed by atoms with E-state index in [-0.39, 0.29) is 6.10 Å². The number of likely N-dealkylation sites (tertiary alicyclic amines) is 1. The molecule has 106 valence electrons. The van der Waals surface area contributed by atoms with Crippen LogP contribution in [0.25, 0.3) is 0 Å². The molecular weight excluding hydrogens is 264 g/mol. The molecule has 0 aromatic heterocycles. The Morgan fingerprint density at radius 3 is 2.74 bits per heavy atom. The number of hydrogen-bond donors (Lipinski definition) is 1. The Balaban J connectivity index is 2.20. The molecule has 1 aliphatic heterocycles. The second-order valence-electron chi connectivity index (χ2n) is 4.91. The van der Waals surface area contributed by atoms with Crippen LogP contribution in [0.15, 0.2) is 12.1 Å². The highest BCUT2D eigenvalue weighted by molar-refractivity contribution is 6.30. The molecule has 1 aromatic rings. The van der Waals surface area contributed by atoms with Crippen LogP contribution in [0.1, 0.15) is 5.56 Å². The molecule has 0 spiro atoms. The molecular formula is C14H21ClN2O2. The number of methoxy groups -OCH3 is 1. The van der Waals surface area contributed by atoms with Crippen molar-refractivity contribution in [2.45, 2.75) is 12.5 Å². The summed E-state index contributed by atoms with van der Waals surface area (Å²) in [5.74, 6) is 1.55. The Bertz CT molecular complexity index is 434. The summed E-state index contributed by atoms with van der Waals surface area (Å²) >= 11 is 6.12. The Hall–Kier alpha value is -0.970. The molecule has 2 rings (SSSR count). The van der Waals surface area contributed by atoms with Crippen molar-refractivity contribution in [3.63, 3.8) is 0 Å². The predicted octanol–water partition coefficient (Wildman–Crippen LogP) is 1.80. The van der Waals surface area contributed by atoms with Gasteiger partial charge in [-0.1, -0.05) is 11.6 Å². The molecule has 0 saturated carbocycles. The summed E-state index contributed by atoms with van der Waals surface area (Å²) in [6.07, 6.45) is 1.11. The SMILES string of the molecule is CNCCc1cc(Cl)cc(OC)c1OC1CN(C)C1. The predicted molar refractivity (Wildman–Crippen MR) is 77.5 cm³/mol. The van der Waals surface area contributed by atoms with E-state index < -0.39 is 0 Å². The van der Waals surface area contributed by atoms with Crippen molar-refractivity contribution < 1.29 is 9.47 Å². The first-order valence-corrected chi connectivity index (χ1v) is 6.88. The van der Waals surface area contributed by atoms with Crippen molar-refractivity contribution >= 4 is 11.6 Å². The number of ether oxygens (including phenoxy) is 2. The van der Waals surface area contributed by atoms with Crippen molar-refractivity contribution in [1.82, 2.24) is 10.2 Å². The molecule has 0 aliphatic carbocycles. The lowest BCUT2D eigenvalue weighted by Crippen LogP contribution is -2.51. The minimum Gasteiger partial charge on any atom is -0.493 e. The fraction of sp³-hybridized carbons (Fsp3) is 0.571. The van der Waals surface area contributed by atoms with Gasteiger partial charge in [-0.05, 0) is 33.1 Å². The zero-order valence-electron chi connectivity index (χ0n) is 11.7. The lowest BCUT2D eigenvalue weighted by Gasteiger charge is -2.36. The van der Waals surface area contributed by atoms with E-state index in [0.717, 1.165) is 37.4 Å². The van der Waals surface area contributed by atoms with E-state index in [2.05, 4.69) is 17.3 Å². The zero-order chi connectivity index (χ0) is 13.8. The Kier molecular flexibility index (Phi) is 4.91. The van der Waals surface area contributed by atoms with Gasteiger partial charge in [-0.25, -0.2) is 0 Å². The molecule has 1 heterocycles. The van der Waals surface area contributed by atoms with Gasteiger partial charge in [-0.2, -0.15) is 0 Å². The van der Waals surface area contributed by atoms with Gasteiger partial charge in [-0.3, -0.25) is 4.90 Å². The van der Waals surface area contributed by atoms with E-state index in [0.29, 0.717) is 10.8 Å². The van der Waals surface area contributed by atoms with Crippen LogP contribution in [-0.4, -0.2) is 51.8 Å². The summed E-state index contributed by atoms with van der Waals surface area (Å²) in [7, 11) is 5.66. The molecule has 1 saturated heterocycles. The molecule has 0 amide bonds. The summed E-state index contributed by atoms with van der Waals surface area (Å²) in [4.78, 5) is 2.22. The maximum Gasteiger partial charge on any atom is 0.165 e. The third-order valence-corrected chi connectivity index (χ3v) is 3.49. The molecule has 19 heavy (non-hydrogen) atoms. The molecule has 0 unspecified atom stereocenters. The summed E-state index contributed by atoms with van der Waals surface area (Å²) in [5.41, 5.74) is 1.09. The molecule has 0 radical (unpaired) electrons. The maximum atomic E-state index is 6.12. The molecule has 1 N–H and O–H groups in total. The van der Waals surface area contributed by atoms with Gasteiger partial charge in [0.05, 0.1) is 7.11 Å². The lowest BCUT2D eigenvalue weighted by atomic mass is 10.1. The van der Waals surface area contributed by atoms with E-state index >= 15 is 0 Å². The van der Waals surface area contributed by atoms with Crippen LogP contribution in [0, 0.1) is 0 Å². The Labute approximate surface area is 119 Å². The van der Waals surface area contributed by atoms with E-state index in [4.69, 9.17) is 21.1 Å². The van der Waals surface area contributed by atoms with Gasteiger partial charge in [0.2, 0.25) is 0 Å². The molecule has 1 aromatic carbocycles. The number of benzene rings is 1. The van der Waals surface area contributed by atoms with Gasteiger partial charge >= 0.3 is 0 Å². The first kappa shape index (κ1) is 14.4. The molecule has 4 nitrogen and oxygen atoms in total. The van der Waals surface area contributed by atoms with E-state index in [1.165, 1.54) is 0 Å². The summed E-state index contributed by atoms with van der Waals surface area (Å²) in [6.45, 7) is 2.79. The zero-order valence-corrected chi connectivity index (χ0v) is 12.5. The van der Waals surface area contributed by atoms with Crippen molar-refractivity contribution in [2.24, 2.45) is 0 Å². The highest BCUT2D eigenvalue weighted by Crippen LogP contribution is 2.36. The number of nitrogens with zero attached hydrogens (tertiary/aromatic N) is 1. The fourth-order valence-corrected chi connectivity index (χ4v) is 2.47. The largest absolute Gasteiger partial charge is 0.493 e. The number of likely N-dealkylation sites (N-methyl/N-ethyl adjacent to an activating group) is 2. The number of rotatable bonds is 6. The van der Waals surface area contributed by atoms with E-state index in [1.54, 1.807) is 7.11 Å². The number of nitrogens with one attached hydrogen (secondary N) is 1. The molecule has 1 aliphatic rings. The maximum absolute atomic E-state index is 6.12. The Morgan fingerprint density at radius 2 is 2.16 bits per heavy atom. The fourth-order valence-electron chi connectivity index (χ4n) is 2.24. The van der Waals surface area contributed by atoms with Crippen molar-refractivity contribution in [2.75, 3.05) is 40.8 Å². The monoisotopic (exact) mass is 284 g/mol. The van der Waals surface area contributed by atoms with Gasteiger partial charge in [0.1, 0.15) is 6.10 Å². The third-order valence-electron chi connectivity index (χ3n) is 3.28. The van der Waals surface area contributed by atoms with Gasteiger partial charge in [0.25, 0.3) is 0 Å². The van der Waals surface area contributed by atoms with Gasteiger partial charge < -0.3 is 14.8 Å². The summed E-state index contributed by atoms with van der Waals surface area (Å²) < 4.78 is 11.5.